The predicted octanol–water partition coefficient (Wildman–Crippen LogP) is 3.88. The van der Waals surface area contributed by atoms with Crippen molar-refractivity contribution in [3.8, 4) is 5.88 Å². The number of rotatable bonds is 7. The minimum atomic E-state index is -4.32. The van der Waals surface area contributed by atoms with E-state index in [1.807, 2.05) is 6.07 Å². The second-order valence-electron chi connectivity index (χ2n) is 6.81. The first kappa shape index (κ1) is 21.9. The highest BCUT2D eigenvalue weighted by Crippen LogP contribution is 2.29. The quantitative estimate of drug-likeness (QED) is 0.416. The Morgan fingerprint density at radius 3 is 2.72 bits per heavy atom. The van der Waals surface area contributed by atoms with Crippen LogP contribution in [-0.4, -0.2) is 35.7 Å². The molecule has 0 fully saturated rings. The van der Waals surface area contributed by atoms with Gasteiger partial charge in [-0.2, -0.15) is 5.10 Å². The fraction of sp³-hybridized carbons (Fsp3) is 0.150. The van der Waals surface area contributed by atoms with Gasteiger partial charge in [0.2, 0.25) is 5.88 Å². The lowest BCUT2D eigenvalue weighted by molar-refractivity contribution is 0.385. The van der Waals surface area contributed by atoms with E-state index in [-0.39, 0.29) is 34.2 Å². The molecule has 2 N–H and O–H groups in total. The number of methoxy groups -OCH3 is 1. The van der Waals surface area contributed by atoms with Gasteiger partial charge in [0.05, 0.1) is 24.0 Å². The maximum Gasteiger partial charge on any atom is 0.267 e. The summed E-state index contributed by atoms with van der Waals surface area (Å²) in [5.74, 6) is -2.02. The summed E-state index contributed by atoms with van der Waals surface area (Å²) in [4.78, 5) is 7.62. The molecule has 0 amide bonds. The third-order valence-corrected chi connectivity index (χ3v) is 6.28. The predicted molar refractivity (Wildman–Crippen MR) is 114 cm³/mol. The fourth-order valence-corrected chi connectivity index (χ4v) is 4.58. The van der Waals surface area contributed by atoms with Crippen LogP contribution in [0.25, 0.3) is 11.0 Å². The molecule has 0 saturated heterocycles. The zero-order valence-corrected chi connectivity index (χ0v) is 18.1. The van der Waals surface area contributed by atoms with Crippen LogP contribution in [0.5, 0.6) is 5.88 Å². The van der Waals surface area contributed by atoms with Crippen molar-refractivity contribution in [3.63, 3.8) is 0 Å². The maximum atomic E-state index is 15.1. The van der Waals surface area contributed by atoms with Crippen LogP contribution in [-0.2, 0) is 22.9 Å². The maximum absolute atomic E-state index is 15.1. The summed E-state index contributed by atoms with van der Waals surface area (Å²) in [7, 11) is -3.08. The molecule has 4 rings (SSSR count). The third-order valence-electron chi connectivity index (χ3n) is 4.71. The monoisotopic (exact) mass is 479 g/mol. The molecule has 0 bridgehead atoms. The Kier molecular flexibility index (Phi) is 5.94. The molecule has 0 aliphatic rings. The second-order valence-corrected chi connectivity index (χ2v) is 8.89. The van der Waals surface area contributed by atoms with E-state index in [2.05, 4.69) is 24.9 Å². The Morgan fingerprint density at radius 1 is 1.12 bits per heavy atom. The minimum Gasteiger partial charge on any atom is -0.480 e. The Morgan fingerprint density at radius 2 is 1.94 bits per heavy atom. The first-order chi connectivity index (χ1) is 15.3. The summed E-state index contributed by atoms with van der Waals surface area (Å²) < 4.78 is 62.1. The average molecular weight is 480 g/mol. The van der Waals surface area contributed by atoms with Crippen LogP contribution >= 0.6 is 11.6 Å². The van der Waals surface area contributed by atoms with Crippen molar-refractivity contribution in [2.24, 2.45) is 0 Å². The van der Waals surface area contributed by atoms with Crippen LogP contribution in [0.4, 0.5) is 14.5 Å². The number of aromatic amines is 1. The number of hydrogen-bond donors (Lipinski definition) is 2. The number of aryl methyl sites for hydroxylation is 1. The first-order valence-electron chi connectivity index (χ1n) is 9.25. The molecule has 3 heterocycles. The summed E-state index contributed by atoms with van der Waals surface area (Å²) in [6.07, 6.45) is 4.67. The van der Waals surface area contributed by atoms with Crippen LogP contribution < -0.4 is 9.46 Å². The molecule has 0 radical (unpaired) electrons. The Balaban J connectivity index is 1.61. The Bertz CT molecular complexity index is 1410. The molecule has 0 atom stereocenters. The molecule has 3 aromatic heterocycles. The van der Waals surface area contributed by atoms with E-state index in [4.69, 9.17) is 16.3 Å². The highest BCUT2D eigenvalue weighted by atomic mass is 35.5. The van der Waals surface area contributed by atoms with Crippen molar-refractivity contribution in [1.29, 1.82) is 0 Å². The summed E-state index contributed by atoms with van der Waals surface area (Å²) in [5, 5.41) is 7.43. The first-order valence-corrected chi connectivity index (χ1v) is 11.1. The number of aromatic nitrogens is 4. The molecule has 0 saturated carbocycles. The van der Waals surface area contributed by atoms with E-state index in [1.165, 1.54) is 13.3 Å². The van der Waals surface area contributed by atoms with Gasteiger partial charge < -0.3 is 4.74 Å². The van der Waals surface area contributed by atoms with Crippen LogP contribution in [0, 0.1) is 11.6 Å². The van der Waals surface area contributed by atoms with E-state index in [0.29, 0.717) is 5.65 Å². The molecule has 32 heavy (non-hydrogen) atoms. The number of nitrogens with one attached hydrogen (secondary N) is 2. The third kappa shape index (κ3) is 4.34. The van der Waals surface area contributed by atoms with E-state index in [1.54, 1.807) is 12.4 Å². The lowest BCUT2D eigenvalue weighted by atomic mass is 10.0. The van der Waals surface area contributed by atoms with Gasteiger partial charge in [-0.15, -0.1) is 0 Å². The van der Waals surface area contributed by atoms with Crippen molar-refractivity contribution >= 4 is 38.3 Å². The SMILES string of the molecule is COc1ncc(Cl)cc1S(=O)(=O)Nc1ccc(F)c(CCc2cnc3[nH]ncc3c2)c1F. The number of pyridine rings is 2. The van der Waals surface area contributed by atoms with E-state index >= 15 is 4.39 Å². The van der Waals surface area contributed by atoms with Crippen LogP contribution in [0.3, 0.4) is 0 Å². The van der Waals surface area contributed by atoms with Crippen molar-refractivity contribution in [1.82, 2.24) is 20.2 Å². The Hall–Kier alpha value is -3.31. The normalized spacial score (nSPS) is 11.6. The van der Waals surface area contributed by atoms with Crippen molar-refractivity contribution in [2.45, 2.75) is 17.7 Å². The number of H-pyrrole nitrogens is 1. The van der Waals surface area contributed by atoms with Gasteiger partial charge in [0, 0.05) is 23.3 Å². The summed E-state index contributed by atoms with van der Waals surface area (Å²) in [6.45, 7) is 0. The minimum absolute atomic E-state index is 0.0136. The molecule has 12 heteroatoms. The van der Waals surface area contributed by atoms with Gasteiger partial charge >= 0.3 is 0 Å². The molecule has 4 aromatic rings. The van der Waals surface area contributed by atoms with Crippen molar-refractivity contribution < 1.29 is 21.9 Å². The Labute approximate surface area is 186 Å². The number of hydrogen-bond acceptors (Lipinski definition) is 6. The summed E-state index contributed by atoms with van der Waals surface area (Å²) >= 11 is 5.84. The van der Waals surface area contributed by atoms with Gasteiger partial charge in [0.25, 0.3) is 10.0 Å². The highest BCUT2D eigenvalue weighted by molar-refractivity contribution is 7.92. The van der Waals surface area contributed by atoms with Crippen molar-refractivity contribution in [2.75, 3.05) is 11.8 Å². The van der Waals surface area contributed by atoms with Gasteiger partial charge in [-0.05, 0) is 42.7 Å². The zero-order valence-electron chi connectivity index (χ0n) is 16.6. The highest BCUT2D eigenvalue weighted by Gasteiger charge is 2.24. The number of fused-ring (bicyclic) bond motifs is 1. The topological polar surface area (TPSA) is 110 Å². The number of anilines is 1. The second kappa shape index (κ2) is 8.67. The summed E-state index contributed by atoms with van der Waals surface area (Å²) in [6, 6.07) is 4.94. The lowest BCUT2D eigenvalue weighted by Crippen LogP contribution is -2.16. The zero-order chi connectivity index (χ0) is 22.9. The van der Waals surface area contributed by atoms with Gasteiger partial charge in [-0.25, -0.2) is 27.2 Å². The van der Waals surface area contributed by atoms with Gasteiger partial charge in [-0.1, -0.05) is 11.6 Å². The number of nitrogens with zero attached hydrogens (tertiary/aromatic N) is 3. The number of halogens is 3. The van der Waals surface area contributed by atoms with E-state index in [9.17, 15) is 12.8 Å². The van der Waals surface area contributed by atoms with Crippen molar-refractivity contribution in [3.05, 3.63) is 70.6 Å². The van der Waals surface area contributed by atoms with E-state index < -0.39 is 27.3 Å². The smallest absolute Gasteiger partial charge is 0.267 e. The van der Waals surface area contributed by atoms with Gasteiger partial charge in [0.15, 0.2) is 16.4 Å². The van der Waals surface area contributed by atoms with Crippen LogP contribution in [0.1, 0.15) is 11.1 Å². The van der Waals surface area contributed by atoms with Crippen LogP contribution in [0.15, 0.2) is 47.8 Å². The number of ether oxygens (including phenoxy) is 1. The number of sulfonamides is 1. The fourth-order valence-electron chi connectivity index (χ4n) is 3.15. The average Bonchev–Trinajstić information content (AvgIpc) is 3.23. The van der Waals surface area contributed by atoms with Crippen LogP contribution in [0.2, 0.25) is 5.02 Å². The molecule has 0 unspecified atom stereocenters. The molecule has 0 spiro atoms. The summed E-state index contributed by atoms with van der Waals surface area (Å²) in [5.41, 5.74) is 0.687. The van der Waals surface area contributed by atoms with E-state index in [0.717, 1.165) is 29.1 Å². The molecule has 0 aliphatic carbocycles. The lowest BCUT2D eigenvalue weighted by Gasteiger charge is -2.14. The molecular weight excluding hydrogens is 464 g/mol. The molecule has 166 valence electrons. The standard InChI is InChI=1S/C20H16ClF2N5O3S/c1-31-20-17(7-13(21)10-25-20)32(29,30)28-16-5-4-15(22)14(18(16)23)3-2-11-6-12-9-26-27-19(12)24-8-11/h4-10,28H,2-3H2,1H3,(H,24,26,27). The molecule has 8 nitrogen and oxygen atoms in total. The largest absolute Gasteiger partial charge is 0.480 e. The number of benzene rings is 1. The molecule has 1 aromatic carbocycles. The van der Waals surface area contributed by atoms with Gasteiger partial charge in [0.1, 0.15) is 5.82 Å². The molecular formula is C20H16ClF2N5O3S. The van der Waals surface area contributed by atoms with Gasteiger partial charge in [-0.3, -0.25) is 9.82 Å². The molecule has 0 aliphatic heterocycles.